The third-order valence-electron chi connectivity index (χ3n) is 3.69. The van der Waals surface area contributed by atoms with Gasteiger partial charge in [0.05, 0.1) is 19.4 Å². The minimum Gasteiger partial charge on any atom is -0.346 e. The van der Waals surface area contributed by atoms with Gasteiger partial charge >= 0.3 is 0 Å². The number of carbonyl (C=O) groups excluding carboxylic acids is 2. The summed E-state index contributed by atoms with van der Waals surface area (Å²) in [5.74, 6) is 1.07. The molecule has 0 saturated carbocycles. The second-order valence-corrected chi connectivity index (χ2v) is 6.17. The highest BCUT2D eigenvalue weighted by Crippen LogP contribution is 1.99. The van der Waals surface area contributed by atoms with E-state index in [-0.39, 0.29) is 0 Å². The van der Waals surface area contributed by atoms with Crippen LogP contribution in [-0.4, -0.2) is 51.3 Å². The number of aromatic amines is 1. The number of isocyanates is 2. The average molecular weight is 404 g/mol. The van der Waals surface area contributed by atoms with Gasteiger partial charge in [0.25, 0.3) is 0 Å². The van der Waals surface area contributed by atoms with Crippen LogP contribution >= 0.6 is 0 Å². The van der Waals surface area contributed by atoms with E-state index >= 15 is 0 Å². The lowest BCUT2D eigenvalue weighted by molar-refractivity contribution is 0.558. The summed E-state index contributed by atoms with van der Waals surface area (Å²) in [6, 6.07) is 0. The van der Waals surface area contributed by atoms with Gasteiger partial charge in [0.15, 0.2) is 0 Å². The van der Waals surface area contributed by atoms with Gasteiger partial charge in [0.1, 0.15) is 5.82 Å². The SMILES string of the molecule is CCc1ncc(C)[nH]1.NCCCn1ccnc1.O=C=NCCCCCCN=C=O. The van der Waals surface area contributed by atoms with Crippen molar-refractivity contribution in [2.24, 2.45) is 15.7 Å². The molecule has 0 atom stereocenters. The van der Waals surface area contributed by atoms with Gasteiger partial charge in [0.2, 0.25) is 12.2 Å². The molecule has 160 valence electrons. The Morgan fingerprint density at radius 1 is 1.10 bits per heavy atom. The second kappa shape index (κ2) is 19.9. The topological polar surface area (TPSA) is 131 Å². The van der Waals surface area contributed by atoms with Gasteiger partial charge in [0, 0.05) is 37.3 Å². The second-order valence-electron chi connectivity index (χ2n) is 6.17. The van der Waals surface area contributed by atoms with Gasteiger partial charge in [-0.3, -0.25) is 0 Å². The van der Waals surface area contributed by atoms with Gasteiger partial charge in [-0.1, -0.05) is 19.8 Å². The maximum absolute atomic E-state index is 9.63. The molecule has 2 heterocycles. The molecule has 0 unspecified atom stereocenters. The van der Waals surface area contributed by atoms with E-state index in [2.05, 4.69) is 31.9 Å². The lowest BCUT2D eigenvalue weighted by atomic mass is 10.2. The van der Waals surface area contributed by atoms with Crippen molar-refractivity contribution in [1.29, 1.82) is 0 Å². The van der Waals surface area contributed by atoms with Crippen LogP contribution in [0.2, 0.25) is 0 Å². The molecule has 3 N–H and O–H groups in total. The van der Waals surface area contributed by atoms with E-state index < -0.39 is 0 Å². The standard InChI is InChI=1S/C8H12N2O2.C6H11N3.C6H10N2/c11-7-9-5-3-1-2-4-6-10-8-12;7-2-1-4-9-5-3-8-6-9;1-3-6-7-4-5(2)8-6/h1-6H2;3,5-6H,1-2,4,7H2;4H,3H2,1-2H3,(H,7,8). The van der Waals surface area contributed by atoms with Crippen LogP contribution in [0.25, 0.3) is 0 Å². The van der Waals surface area contributed by atoms with Crippen LogP contribution in [0.5, 0.6) is 0 Å². The highest BCUT2D eigenvalue weighted by molar-refractivity contribution is 5.32. The number of H-pyrrole nitrogens is 1. The number of rotatable bonds is 11. The lowest BCUT2D eigenvalue weighted by Crippen LogP contribution is -2.03. The van der Waals surface area contributed by atoms with Crippen LogP contribution in [0.15, 0.2) is 34.9 Å². The number of aromatic nitrogens is 4. The summed E-state index contributed by atoms with van der Waals surface area (Å²) in [6.07, 6.45) is 16.2. The number of aryl methyl sites for hydroxylation is 3. The Morgan fingerprint density at radius 2 is 1.76 bits per heavy atom. The molecular formula is C20H33N7O2. The first-order valence-corrected chi connectivity index (χ1v) is 9.91. The highest BCUT2D eigenvalue weighted by Gasteiger charge is 1.89. The van der Waals surface area contributed by atoms with Gasteiger partial charge < -0.3 is 15.3 Å². The number of hydrogen-bond acceptors (Lipinski definition) is 7. The fourth-order valence-electron chi connectivity index (χ4n) is 2.17. The van der Waals surface area contributed by atoms with E-state index in [1.165, 1.54) is 12.2 Å². The summed E-state index contributed by atoms with van der Waals surface area (Å²) in [5.41, 5.74) is 6.45. The van der Waals surface area contributed by atoms with Crippen molar-refractivity contribution in [3.05, 3.63) is 36.4 Å². The van der Waals surface area contributed by atoms with Crippen molar-refractivity contribution in [3.63, 3.8) is 0 Å². The molecule has 0 aliphatic heterocycles. The van der Waals surface area contributed by atoms with Crippen LogP contribution in [0.4, 0.5) is 0 Å². The fraction of sp³-hybridized carbons (Fsp3) is 0.600. The van der Waals surface area contributed by atoms with Gasteiger partial charge in [-0.2, -0.15) is 0 Å². The maximum Gasteiger partial charge on any atom is 0.234 e. The van der Waals surface area contributed by atoms with Crippen molar-refractivity contribution in [3.8, 4) is 0 Å². The Bertz CT molecular complexity index is 678. The molecule has 29 heavy (non-hydrogen) atoms. The first kappa shape index (κ1) is 26.1. The monoisotopic (exact) mass is 403 g/mol. The zero-order chi connectivity index (χ0) is 21.6. The van der Waals surface area contributed by atoms with Crippen LogP contribution < -0.4 is 5.73 Å². The van der Waals surface area contributed by atoms with Gasteiger partial charge in [-0.15, -0.1) is 0 Å². The fourth-order valence-corrected chi connectivity index (χ4v) is 2.17. The lowest BCUT2D eigenvalue weighted by Gasteiger charge is -1.96. The predicted molar refractivity (Wildman–Crippen MR) is 113 cm³/mol. The van der Waals surface area contributed by atoms with Crippen molar-refractivity contribution in [2.75, 3.05) is 19.6 Å². The normalized spacial score (nSPS) is 9.21. The molecule has 0 aliphatic rings. The molecule has 2 aromatic heterocycles. The predicted octanol–water partition coefficient (Wildman–Crippen LogP) is 2.73. The molecule has 2 aromatic rings. The van der Waals surface area contributed by atoms with E-state index in [0.29, 0.717) is 13.1 Å². The molecular weight excluding hydrogens is 370 g/mol. The molecule has 9 heteroatoms. The number of aliphatic imine (C=N–C) groups is 2. The molecule has 0 amide bonds. The van der Waals surface area contributed by atoms with E-state index in [9.17, 15) is 9.59 Å². The minimum atomic E-state index is 0.556. The summed E-state index contributed by atoms with van der Waals surface area (Å²) >= 11 is 0. The summed E-state index contributed by atoms with van der Waals surface area (Å²) < 4.78 is 2.02. The van der Waals surface area contributed by atoms with Crippen molar-refractivity contribution >= 4 is 12.2 Å². The smallest absolute Gasteiger partial charge is 0.234 e. The Kier molecular flexibility index (Phi) is 17.9. The zero-order valence-corrected chi connectivity index (χ0v) is 17.5. The summed E-state index contributed by atoms with van der Waals surface area (Å²) in [5, 5.41) is 0. The van der Waals surface area contributed by atoms with Crippen LogP contribution in [-0.2, 0) is 22.6 Å². The molecule has 0 bridgehead atoms. The van der Waals surface area contributed by atoms with Crippen molar-refractivity contribution in [1.82, 2.24) is 19.5 Å². The van der Waals surface area contributed by atoms with Crippen molar-refractivity contribution < 1.29 is 9.59 Å². The van der Waals surface area contributed by atoms with Crippen LogP contribution in [0, 0.1) is 6.92 Å². The number of hydrogen-bond donors (Lipinski definition) is 2. The average Bonchev–Trinajstić information content (AvgIpc) is 3.41. The maximum atomic E-state index is 9.63. The molecule has 9 nitrogen and oxygen atoms in total. The van der Waals surface area contributed by atoms with Gasteiger partial charge in [-0.05, 0) is 32.7 Å². The number of nitrogens with two attached hydrogens (primary N) is 1. The quantitative estimate of drug-likeness (QED) is 0.338. The molecule has 0 aliphatic carbocycles. The number of imidazole rings is 2. The van der Waals surface area contributed by atoms with Crippen molar-refractivity contribution in [2.45, 2.75) is 58.9 Å². The van der Waals surface area contributed by atoms with Gasteiger partial charge in [-0.25, -0.2) is 29.5 Å². The molecule has 0 spiro atoms. The van der Waals surface area contributed by atoms with Crippen LogP contribution in [0.3, 0.4) is 0 Å². The molecule has 0 radical (unpaired) electrons. The Balaban J connectivity index is 0.000000414. The zero-order valence-electron chi connectivity index (χ0n) is 17.5. The van der Waals surface area contributed by atoms with E-state index in [1.54, 1.807) is 12.5 Å². The number of nitrogens with zero attached hydrogens (tertiary/aromatic N) is 5. The number of nitrogens with one attached hydrogen (secondary N) is 1. The van der Waals surface area contributed by atoms with E-state index in [1.807, 2.05) is 23.9 Å². The Hall–Kier alpha value is -2.86. The van der Waals surface area contributed by atoms with E-state index in [4.69, 9.17) is 5.73 Å². The minimum absolute atomic E-state index is 0.556. The number of unbranched alkanes of at least 4 members (excludes halogenated alkanes) is 3. The molecule has 0 saturated heterocycles. The van der Waals surface area contributed by atoms with E-state index in [0.717, 1.165) is 63.1 Å². The highest BCUT2D eigenvalue weighted by atomic mass is 16.1. The molecule has 0 fully saturated rings. The third-order valence-corrected chi connectivity index (χ3v) is 3.69. The Morgan fingerprint density at radius 3 is 2.14 bits per heavy atom. The summed E-state index contributed by atoms with van der Waals surface area (Å²) in [7, 11) is 0. The first-order valence-electron chi connectivity index (χ1n) is 9.91. The molecule has 0 aromatic carbocycles. The largest absolute Gasteiger partial charge is 0.346 e. The Labute approximate surface area is 172 Å². The first-order chi connectivity index (χ1) is 14.2. The molecule has 2 rings (SSSR count). The summed E-state index contributed by atoms with van der Waals surface area (Å²) in [4.78, 5) is 37.2. The summed E-state index contributed by atoms with van der Waals surface area (Å²) in [6.45, 7) is 6.93. The third kappa shape index (κ3) is 17.0. The van der Waals surface area contributed by atoms with Crippen LogP contribution in [0.1, 0.15) is 50.5 Å².